The molecule has 5 rings (SSSR count). The predicted molar refractivity (Wildman–Crippen MR) is 117 cm³/mol. The summed E-state index contributed by atoms with van der Waals surface area (Å²) in [6, 6.07) is 23.8. The zero-order chi connectivity index (χ0) is 20.9. The fourth-order valence-electron chi connectivity index (χ4n) is 4.99. The first-order valence-corrected chi connectivity index (χ1v) is 10.4. The van der Waals surface area contributed by atoms with Gasteiger partial charge in [0.15, 0.2) is 0 Å². The smallest absolute Gasteiger partial charge is 0.238 e. The topological polar surface area (TPSA) is 49.4 Å². The Morgan fingerprint density at radius 1 is 0.900 bits per heavy atom. The van der Waals surface area contributed by atoms with Gasteiger partial charge in [0, 0.05) is 34.8 Å². The molecule has 1 N–H and O–H groups in total. The number of fused-ring (bicyclic) bond motifs is 2. The number of anilines is 1. The molecule has 150 valence electrons. The third kappa shape index (κ3) is 2.68. The number of carbonyl (C=O) groups excluding carboxylic acids is 2. The van der Waals surface area contributed by atoms with Crippen molar-refractivity contribution in [1.82, 2.24) is 4.42 Å². The molecule has 0 aromatic heterocycles. The van der Waals surface area contributed by atoms with Crippen LogP contribution in [0.2, 0.25) is 5.02 Å². The minimum Gasteiger partial charge on any atom is -0.325 e. The van der Waals surface area contributed by atoms with E-state index in [4.69, 9.17) is 23.4 Å². The maximum atomic E-state index is 13.8. The summed E-state index contributed by atoms with van der Waals surface area (Å²) in [6.45, 7) is 0. The van der Waals surface area contributed by atoms with Crippen LogP contribution in [0.5, 0.6) is 0 Å². The minimum absolute atomic E-state index is 0.106. The Morgan fingerprint density at radius 2 is 1.60 bits per heavy atom. The summed E-state index contributed by atoms with van der Waals surface area (Å²) in [5.41, 5.74) is 2.15. The number of amides is 2. The molecule has 1 spiro atoms. The van der Waals surface area contributed by atoms with Gasteiger partial charge in [0.25, 0.3) is 0 Å². The van der Waals surface area contributed by atoms with Gasteiger partial charge in [-0.05, 0) is 34.9 Å². The van der Waals surface area contributed by atoms with Crippen LogP contribution in [-0.4, -0.2) is 16.2 Å². The van der Waals surface area contributed by atoms with Gasteiger partial charge < -0.3 is 5.32 Å². The summed E-state index contributed by atoms with van der Waals surface area (Å²) >= 11 is 12.9. The standard InChI is InChI=1S/C24H18Cl2N2O2/c25-17-10-6-9-16(13-17)19-14-21(29)28(26)22(15-7-2-1-3-8-15)24(19)18-11-4-5-12-20(18)27-23(24)30/h1-13,19,22H,14H2,(H,27,30). The normalized spacial score (nSPS) is 25.3. The lowest BCUT2D eigenvalue weighted by molar-refractivity contribution is -0.138. The number of halogens is 2. The van der Waals surface area contributed by atoms with Crippen LogP contribution in [0.25, 0.3) is 0 Å². The average Bonchev–Trinajstić information content (AvgIpc) is 3.04. The van der Waals surface area contributed by atoms with Crippen LogP contribution in [0.3, 0.4) is 0 Å². The van der Waals surface area contributed by atoms with Crippen molar-refractivity contribution < 1.29 is 9.59 Å². The van der Waals surface area contributed by atoms with Gasteiger partial charge in [-0.15, -0.1) is 0 Å². The van der Waals surface area contributed by atoms with E-state index >= 15 is 0 Å². The highest BCUT2D eigenvalue weighted by molar-refractivity contribution is 6.30. The summed E-state index contributed by atoms with van der Waals surface area (Å²) in [6.07, 6.45) is 0.106. The first-order chi connectivity index (χ1) is 14.5. The fourth-order valence-corrected chi connectivity index (χ4v) is 5.52. The zero-order valence-electron chi connectivity index (χ0n) is 15.9. The van der Waals surface area contributed by atoms with E-state index in [0.29, 0.717) is 5.02 Å². The number of hydrogen-bond donors (Lipinski definition) is 1. The lowest BCUT2D eigenvalue weighted by Gasteiger charge is -2.49. The third-order valence-corrected chi connectivity index (χ3v) is 6.81. The lowest BCUT2D eigenvalue weighted by Crippen LogP contribution is -2.55. The Labute approximate surface area is 184 Å². The van der Waals surface area contributed by atoms with Crippen LogP contribution in [0.1, 0.15) is 35.1 Å². The van der Waals surface area contributed by atoms with Gasteiger partial charge in [-0.25, -0.2) is 4.42 Å². The van der Waals surface area contributed by atoms with Crippen LogP contribution in [0.4, 0.5) is 5.69 Å². The number of piperidine rings is 1. The van der Waals surface area contributed by atoms with E-state index in [1.54, 1.807) is 6.07 Å². The van der Waals surface area contributed by atoms with Crippen molar-refractivity contribution in [3.8, 4) is 0 Å². The molecule has 1 saturated heterocycles. The Hall–Kier alpha value is -2.82. The van der Waals surface area contributed by atoms with Gasteiger partial charge in [-0.1, -0.05) is 72.3 Å². The van der Waals surface area contributed by atoms with Crippen molar-refractivity contribution in [3.05, 3.63) is 101 Å². The molecule has 4 nitrogen and oxygen atoms in total. The highest BCUT2D eigenvalue weighted by Crippen LogP contribution is 2.60. The van der Waals surface area contributed by atoms with E-state index in [-0.39, 0.29) is 18.2 Å². The number of rotatable bonds is 2. The second-order valence-corrected chi connectivity index (χ2v) is 8.50. The van der Waals surface area contributed by atoms with Crippen molar-refractivity contribution in [2.75, 3.05) is 5.32 Å². The zero-order valence-corrected chi connectivity index (χ0v) is 17.4. The number of hydrogen-bond acceptors (Lipinski definition) is 2. The first-order valence-electron chi connectivity index (χ1n) is 9.72. The summed E-state index contributed by atoms with van der Waals surface area (Å²) < 4.78 is 1.21. The van der Waals surface area contributed by atoms with E-state index in [2.05, 4.69) is 5.32 Å². The average molecular weight is 437 g/mol. The fraction of sp³-hybridized carbons (Fsp3) is 0.167. The molecule has 2 amide bonds. The molecule has 3 aromatic rings. The van der Waals surface area contributed by atoms with Gasteiger partial charge in [0.2, 0.25) is 11.8 Å². The Morgan fingerprint density at radius 3 is 2.37 bits per heavy atom. The monoisotopic (exact) mass is 436 g/mol. The molecule has 0 aliphatic carbocycles. The lowest BCUT2D eigenvalue weighted by atomic mass is 9.59. The first kappa shape index (κ1) is 19.2. The second kappa shape index (κ2) is 7.15. The summed E-state index contributed by atoms with van der Waals surface area (Å²) in [5.74, 6) is -0.813. The van der Waals surface area contributed by atoms with Crippen molar-refractivity contribution in [1.29, 1.82) is 0 Å². The summed E-state index contributed by atoms with van der Waals surface area (Å²) in [5, 5.41) is 3.60. The van der Waals surface area contributed by atoms with E-state index in [9.17, 15) is 9.59 Å². The third-order valence-electron chi connectivity index (χ3n) is 6.19. The Bertz CT molecular complexity index is 1150. The molecule has 2 aliphatic rings. The van der Waals surface area contributed by atoms with Crippen LogP contribution in [0.15, 0.2) is 78.9 Å². The van der Waals surface area contributed by atoms with Gasteiger partial charge >= 0.3 is 0 Å². The maximum absolute atomic E-state index is 13.8. The molecule has 6 heteroatoms. The minimum atomic E-state index is -1.09. The Kier molecular flexibility index (Phi) is 4.57. The van der Waals surface area contributed by atoms with Crippen molar-refractivity contribution in [2.24, 2.45) is 0 Å². The highest BCUT2D eigenvalue weighted by Gasteiger charge is 2.63. The van der Waals surface area contributed by atoms with Crippen molar-refractivity contribution in [3.63, 3.8) is 0 Å². The molecule has 30 heavy (non-hydrogen) atoms. The molecule has 3 atom stereocenters. The maximum Gasteiger partial charge on any atom is 0.238 e. The SMILES string of the molecule is O=C1CC(c2cccc(Cl)c2)C2(C(=O)Nc3ccccc32)C(c2ccccc2)N1Cl. The number of benzene rings is 3. The van der Waals surface area contributed by atoms with Crippen molar-refractivity contribution >= 4 is 40.9 Å². The molecule has 2 heterocycles. The molecular formula is C24H18Cl2N2O2. The van der Waals surface area contributed by atoms with E-state index in [0.717, 1.165) is 22.4 Å². The van der Waals surface area contributed by atoms with Crippen LogP contribution in [0, 0.1) is 0 Å². The summed E-state index contributed by atoms with van der Waals surface area (Å²) in [7, 11) is 0. The largest absolute Gasteiger partial charge is 0.325 e. The molecule has 0 radical (unpaired) electrons. The molecular weight excluding hydrogens is 419 g/mol. The van der Waals surface area contributed by atoms with Gasteiger partial charge in [-0.2, -0.15) is 0 Å². The van der Waals surface area contributed by atoms with E-state index < -0.39 is 17.4 Å². The number of carbonyl (C=O) groups is 2. The number of nitrogens with one attached hydrogen (secondary N) is 1. The van der Waals surface area contributed by atoms with Gasteiger partial charge in [-0.3, -0.25) is 9.59 Å². The van der Waals surface area contributed by atoms with Crippen LogP contribution < -0.4 is 5.32 Å². The van der Waals surface area contributed by atoms with E-state index in [1.165, 1.54) is 4.42 Å². The highest BCUT2D eigenvalue weighted by atomic mass is 35.5. The number of para-hydroxylation sites is 1. The summed E-state index contributed by atoms with van der Waals surface area (Å²) in [4.78, 5) is 26.8. The Balaban J connectivity index is 1.84. The second-order valence-electron chi connectivity index (χ2n) is 7.70. The van der Waals surface area contributed by atoms with Gasteiger partial charge in [0.05, 0.1) is 6.04 Å². The molecule has 2 aliphatic heterocycles. The van der Waals surface area contributed by atoms with Crippen LogP contribution >= 0.6 is 23.4 Å². The molecule has 0 saturated carbocycles. The quantitative estimate of drug-likeness (QED) is 0.543. The van der Waals surface area contributed by atoms with Gasteiger partial charge in [0.1, 0.15) is 5.41 Å². The number of nitrogens with zero attached hydrogens (tertiary/aromatic N) is 1. The predicted octanol–water partition coefficient (Wildman–Crippen LogP) is 5.44. The van der Waals surface area contributed by atoms with Crippen LogP contribution in [-0.2, 0) is 15.0 Å². The van der Waals surface area contributed by atoms with E-state index in [1.807, 2.05) is 72.8 Å². The molecule has 3 unspecified atom stereocenters. The molecule has 1 fully saturated rings. The molecule has 0 bridgehead atoms. The molecule has 3 aromatic carbocycles. The van der Waals surface area contributed by atoms with Crippen molar-refractivity contribution in [2.45, 2.75) is 23.8 Å².